The van der Waals surface area contributed by atoms with Gasteiger partial charge in [0.1, 0.15) is 5.75 Å². The van der Waals surface area contributed by atoms with Crippen molar-refractivity contribution in [2.75, 3.05) is 0 Å². The molecule has 0 spiro atoms. The third-order valence-corrected chi connectivity index (χ3v) is 5.06. The van der Waals surface area contributed by atoms with E-state index in [4.69, 9.17) is 9.84 Å². The van der Waals surface area contributed by atoms with Gasteiger partial charge in [-0.25, -0.2) is 4.79 Å². The minimum atomic E-state index is -0.976. The van der Waals surface area contributed by atoms with E-state index in [2.05, 4.69) is 19.1 Å². The molecule has 0 saturated carbocycles. The van der Waals surface area contributed by atoms with E-state index in [1.807, 2.05) is 66.7 Å². The number of carboxylic acids is 1. The fourth-order valence-corrected chi connectivity index (χ4v) is 3.50. The van der Waals surface area contributed by atoms with Gasteiger partial charge in [-0.2, -0.15) is 0 Å². The van der Waals surface area contributed by atoms with Gasteiger partial charge < -0.3 is 9.84 Å². The molecule has 0 heterocycles. The Labute approximate surface area is 188 Å². The Hall–Kier alpha value is -3.92. The molecule has 0 fully saturated rings. The number of carbonyl (C=O) groups is 2. The molecular weight excluding hydrogens is 400 g/mol. The summed E-state index contributed by atoms with van der Waals surface area (Å²) in [6.45, 7) is 3.89. The standard InChI is InChI=1S/C28H26O4/c1-3-25(21-8-6-5-7-9-21)28(22-13-10-20(11-14-22)12-19-26(29)30)23-15-17-24(18-16-23)32-27(31)4-2/h5-19H,3-4H2,1-2H3,(H,29,30)/b19-12+,28-25+. The van der Waals surface area contributed by atoms with Crippen LogP contribution in [-0.2, 0) is 9.59 Å². The van der Waals surface area contributed by atoms with Crippen LogP contribution in [-0.4, -0.2) is 17.0 Å². The average molecular weight is 427 g/mol. The molecule has 3 aromatic carbocycles. The zero-order valence-electron chi connectivity index (χ0n) is 18.2. The summed E-state index contributed by atoms with van der Waals surface area (Å²) < 4.78 is 5.33. The van der Waals surface area contributed by atoms with E-state index in [1.54, 1.807) is 13.0 Å². The van der Waals surface area contributed by atoms with Gasteiger partial charge in [-0.15, -0.1) is 0 Å². The fraction of sp³-hybridized carbons (Fsp3) is 0.143. The highest BCUT2D eigenvalue weighted by Crippen LogP contribution is 2.35. The number of rotatable bonds is 8. The van der Waals surface area contributed by atoms with Crippen molar-refractivity contribution >= 4 is 29.2 Å². The maximum absolute atomic E-state index is 11.6. The summed E-state index contributed by atoms with van der Waals surface area (Å²) in [6.07, 6.45) is 3.85. The number of carbonyl (C=O) groups excluding carboxylic acids is 1. The van der Waals surface area contributed by atoms with Crippen molar-refractivity contribution in [3.8, 4) is 5.75 Å². The van der Waals surface area contributed by atoms with E-state index < -0.39 is 5.97 Å². The second-order valence-corrected chi connectivity index (χ2v) is 7.22. The Morgan fingerprint density at radius 2 is 1.38 bits per heavy atom. The van der Waals surface area contributed by atoms with Crippen molar-refractivity contribution in [3.05, 3.63) is 107 Å². The van der Waals surface area contributed by atoms with Crippen molar-refractivity contribution in [3.63, 3.8) is 0 Å². The van der Waals surface area contributed by atoms with Crippen LogP contribution in [0.15, 0.2) is 84.9 Å². The second-order valence-electron chi connectivity index (χ2n) is 7.22. The van der Waals surface area contributed by atoms with Crippen LogP contribution in [0.4, 0.5) is 0 Å². The minimum absolute atomic E-state index is 0.267. The first-order valence-electron chi connectivity index (χ1n) is 10.6. The van der Waals surface area contributed by atoms with Crippen LogP contribution in [0.5, 0.6) is 5.75 Å². The van der Waals surface area contributed by atoms with Crippen molar-refractivity contribution in [2.24, 2.45) is 0 Å². The lowest BCUT2D eigenvalue weighted by Crippen LogP contribution is -2.05. The lowest BCUT2D eigenvalue weighted by molar-refractivity contribution is -0.134. The Morgan fingerprint density at radius 1 is 0.781 bits per heavy atom. The summed E-state index contributed by atoms with van der Waals surface area (Å²) in [7, 11) is 0. The fourth-order valence-electron chi connectivity index (χ4n) is 3.50. The van der Waals surface area contributed by atoms with Crippen LogP contribution in [0.25, 0.3) is 17.2 Å². The molecule has 4 heteroatoms. The van der Waals surface area contributed by atoms with Gasteiger partial charge in [0.25, 0.3) is 0 Å². The van der Waals surface area contributed by atoms with E-state index in [1.165, 1.54) is 5.57 Å². The average Bonchev–Trinajstić information content (AvgIpc) is 2.82. The van der Waals surface area contributed by atoms with Crippen LogP contribution in [0.3, 0.4) is 0 Å². The summed E-state index contributed by atoms with van der Waals surface area (Å²) in [4.78, 5) is 22.4. The first-order valence-corrected chi connectivity index (χ1v) is 10.6. The normalized spacial score (nSPS) is 11.8. The van der Waals surface area contributed by atoms with Gasteiger partial charge in [-0.05, 0) is 58.0 Å². The number of esters is 1. The Bertz CT molecular complexity index is 1120. The van der Waals surface area contributed by atoms with Gasteiger partial charge in [-0.3, -0.25) is 4.79 Å². The highest BCUT2D eigenvalue weighted by molar-refractivity contribution is 5.98. The highest BCUT2D eigenvalue weighted by atomic mass is 16.5. The monoisotopic (exact) mass is 426 g/mol. The molecule has 0 aliphatic rings. The summed E-state index contributed by atoms with van der Waals surface area (Å²) >= 11 is 0. The molecule has 4 nitrogen and oxygen atoms in total. The quantitative estimate of drug-likeness (QED) is 0.194. The lowest BCUT2D eigenvalue weighted by atomic mass is 9.88. The van der Waals surface area contributed by atoms with Crippen molar-refractivity contribution in [1.82, 2.24) is 0 Å². The van der Waals surface area contributed by atoms with Gasteiger partial charge in [0.05, 0.1) is 0 Å². The molecule has 0 aliphatic heterocycles. The zero-order valence-corrected chi connectivity index (χ0v) is 18.2. The van der Waals surface area contributed by atoms with Crippen LogP contribution in [0, 0.1) is 0 Å². The Kier molecular flexibility index (Phi) is 7.76. The summed E-state index contributed by atoms with van der Waals surface area (Å²) in [5.41, 5.74) is 6.27. The summed E-state index contributed by atoms with van der Waals surface area (Å²) in [5.74, 6) is -0.722. The maximum Gasteiger partial charge on any atom is 0.328 e. The number of ether oxygens (including phenoxy) is 1. The van der Waals surface area contributed by atoms with Gasteiger partial charge in [-0.1, -0.05) is 80.6 Å². The number of hydrogen-bond acceptors (Lipinski definition) is 3. The number of hydrogen-bond donors (Lipinski definition) is 1. The predicted octanol–water partition coefficient (Wildman–Crippen LogP) is 6.47. The molecular formula is C28H26O4. The number of benzene rings is 3. The number of carboxylic acid groups (broad SMARTS) is 1. The summed E-state index contributed by atoms with van der Waals surface area (Å²) in [6, 6.07) is 25.6. The largest absolute Gasteiger partial charge is 0.478 e. The van der Waals surface area contributed by atoms with E-state index in [0.717, 1.165) is 40.3 Å². The van der Waals surface area contributed by atoms with Crippen molar-refractivity contribution < 1.29 is 19.4 Å². The number of allylic oxidation sites excluding steroid dienone is 1. The van der Waals surface area contributed by atoms with E-state index in [-0.39, 0.29) is 5.97 Å². The molecule has 162 valence electrons. The van der Waals surface area contributed by atoms with Crippen LogP contribution >= 0.6 is 0 Å². The van der Waals surface area contributed by atoms with Crippen molar-refractivity contribution in [2.45, 2.75) is 26.7 Å². The van der Waals surface area contributed by atoms with E-state index >= 15 is 0 Å². The maximum atomic E-state index is 11.6. The van der Waals surface area contributed by atoms with Crippen LogP contribution < -0.4 is 4.74 Å². The molecule has 0 bridgehead atoms. The smallest absolute Gasteiger partial charge is 0.328 e. The SMILES string of the molecule is CCC(=O)Oc1ccc(/C(=C(\CC)c2ccccc2)c2ccc(/C=C/C(=O)O)cc2)cc1. The highest BCUT2D eigenvalue weighted by Gasteiger charge is 2.13. The first kappa shape index (κ1) is 22.8. The van der Waals surface area contributed by atoms with Crippen LogP contribution in [0.2, 0.25) is 0 Å². The lowest BCUT2D eigenvalue weighted by Gasteiger charge is -2.17. The molecule has 0 radical (unpaired) electrons. The molecule has 0 aromatic heterocycles. The third kappa shape index (κ3) is 5.82. The molecule has 0 amide bonds. The van der Waals surface area contributed by atoms with Crippen LogP contribution in [0.1, 0.15) is 48.9 Å². The topological polar surface area (TPSA) is 63.6 Å². The molecule has 0 atom stereocenters. The number of aliphatic carboxylic acids is 1. The third-order valence-electron chi connectivity index (χ3n) is 5.06. The molecule has 0 saturated heterocycles. The molecule has 3 aromatic rings. The second kappa shape index (κ2) is 10.9. The first-order chi connectivity index (χ1) is 15.5. The molecule has 0 aliphatic carbocycles. The zero-order chi connectivity index (χ0) is 22.9. The Morgan fingerprint density at radius 3 is 1.91 bits per heavy atom. The van der Waals surface area contributed by atoms with Gasteiger partial charge >= 0.3 is 11.9 Å². The van der Waals surface area contributed by atoms with Gasteiger partial charge in [0, 0.05) is 12.5 Å². The van der Waals surface area contributed by atoms with Gasteiger partial charge in [0.15, 0.2) is 0 Å². The van der Waals surface area contributed by atoms with E-state index in [9.17, 15) is 9.59 Å². The minimum Gasteiger partial charge on any atom is -0.478 e. The van der Waals surface area contributed by atoms with Crippen molar-refractivity contribution in [1.29, 1.82) is 0 Å². The molecule has 0 unspecified atom stereocenters. The molecule has 3 rings (SSSR count). The molecule has 1 N–H and O–H groups in total. The van der Waals surface area contributed by atoms with E-state index in [0.29, 0.717) is 12.2 Å². The predicted molar refractivity (Wildman–Crippen MR) is 128 cm³/mol. The Balaban J connectivity index is 2.09. The molecule has 32 heavy (non-hydrogen) atoms. The van der Waals surface area contributed by atoms with Gasteiger partial charge in [0.2, 0.25) is 0 Å². The summed E-state index contributed by atoms with van der Waals surface area (Å²) in [5, 5.41) is 8.86.